The molecule has 0 radical (unpaired) electrons. The first-order chi connectivity index (χ1) is 16.6. The molecule has 176 valence electrons. The molecule has 7 nitrogen and oxygen atoms in total. The van der Waals surface area contributed by atoms with Crippen molar-refractivity contribution in [3.8, 4) is 28.2 Å². The van der Waals surface area contributed by atoms with Crippen molar-refractivity contribution in [1.82, 2.24) is 9.97 Å². The van der Waals surface area contributed by atoms with Crippen molar-refractivity contribution in [3.05, 3.63) is 60.7 Å². The maximum Gasteiger partial charge on any atom is 0.305 e. The van der Waals surface area contributed by atoms with Crippen LogP contribution in [0.15, 0.2) is 59.3 Å². The second kappa shape index (κ2) is 10.8. The van der Waals surface area contributed by atoms with E-state index in [4.69, 9.17) is 9.15 Å². The van der Waals surface area contributed by atoms with Crippen LogP contribution >= 0.6 is 0 Å². The third kappa shape index (κ3) is 5.17. The molecule has 8 heteroatoms. The van der Waals surface area contributed by atoms with E-state index in [9.17, 15) is 9.18 Å². The van der Waals surface area contributed by atoms with Crippen molar-refractivity contribution < 1.29 is 23.1 Å². The zero-order chi connectivity index (χ0) is 23.9. The van der Waals surface area contributed by atoms with Gasteiger partial charge in [-0.15, -0.1) is 0 Å². The van der Waals surface area contributed by atoms with E-state index in [0.717, 1.165) is 47.1 Å². The second-order valence-electron chi connectivity index (χ2n) is 7.76. The van der Waals surface area contributed by atoms with Crippen LogP contribution in [0.5, 0.6) is 5.75 Å². The summed E-state index contributed by atoms with van der Waals surface area (Å²) in [6.07, 6.45) is 4.39. The molecule has 0 unspecified atom stereocenters. The number of nitrogens with zero attached hydrogens (tertiary/aromatic N) is 2. The third-order valence-electron chi connectivity index (χ3n) is 5.55. The van der Waals surface area contributed by atoms with Crippen LogP contribution in [-0.4, -0.2) is 36.7 Å². The molecule has 0 bridgehead atoms. The van der Waals surface area contributed by atoms with Crippen LogP contribution in [-0.2, 0) is 9.53 Å². The van der Waals surface area contributed by atoms with Crippen molar-refractivity contribution in [1.29, 1.82) is 0 Å². The van der Waals surface area contributed by atoms with Gasteiger partial charge in [0.25, 0.3) is 0 Å². The summed E-state index contributed by atoms with van der Waals surface area (Å²) >= 11 is 0. The molecule has 4 aromatic rings. The Labute approximate surface area is 196 Å². The van der Waals surface area contributed by atoms with Crippen molar-refractivity contribution in [2.75, 3.05) is 26.1 Å². The zero-order valence-electron chi connectivity index (χ0n) is 19.1. The molecular formula is C26H26FN3O4. The molecule has 0 aliphatic carbocycles. The summed E-state index contributed by atoms with van der Waals surface area (Å²) < 4.78 is 29.7. The Kier molecular flexibility index (Phi) is 7.37. The third-order valence-corrected chi connectivity index (χ3v) is 5.55. The lowest BCUT2D eigenvalue weighted by molar-refractivity contribution is -0.140. The Morgan fingerprint density at radius 2 is 1.71 bits per heavy atom. The number of esters is 1. The number of hydrogen-bond donors (Lipinski definition) is 1. The monoisotopic (exact) mass is 463 g/mol. The van der Waals surface area contributed by atoms with Crippen molar-refractivity contribution >= 4 is 22.9 Å². The highest BCUT2D eigenvalue weighted by molar-refractivity contribution is 6.05. The first-order valence-electron chi connectivity index (χ1n) is 11.1. The molecule has 0 fully saturated rings. The van der Waals surface area contributed by atoms with Gasteiger partial charge in [0.1, 0.15) is 29.5 Å². The second-order valence-corrected chi connectivity index (χ2v) is 7.76. The molecule has 2 heterocycles. The molecule has 2 aromatic carbocycles. The van der Waals surface area contributed by atoms with Crippen LogP contribution in [0.3, 0.4) is 0 Å². The molecule has 34 heavy (non-hydrogen) atoms. The lowest BCUT2D eigenvalue weighted by Crippen LogP contribution is -2.05. The predicted molar refractivity (Wildman–Crippen MR) is 128 cm³/mol. The van der Waals surface area contributed by atoms with Crippen LogP contribution in [0.2, 0.25) is 0 Å². The summed E-state index contributed by atoms with van der Waals surface area (Å²) in [5.74, 6) is 1.46. The summed E-state index contributed by atoms with van der Waals surface area (Å²) in [6, 6.07) is 13.8. The fraction of sp³-hybridized carbons (Fsp3) is 0.269. The van der Waals surface area contributed by atoms with Crippen molar-refractivity contribution in [2.45, 2.75) is 25.7 Å². The van der Waals surface area contributed by atoms with Crippen LogP contribution in [0.1, 0.15) is 25.7 Å². The van der Waals surface area contributed by atoms with Gasteiger partial charge in [-0.3, -0.25) is 4.79 Å². The number of benzene rings is 2. The molecule has 1 N–H and O–H groups in total. The number of anilines is 1. The number of nitrogens with one attached hydrogen (secondary N) is 1. The average Bonchev–Trinajstić information content (AvgIpc) is 3.26. The van der Waals surface area contributed by atoms with E-state index in [2.05, 4.69) is 20.0 Å². The fourth-order valence-corrected chi connectivity index (χ4v) is 3.79. The van der Waals surface area contributed by atoms with Gasteiger partial charge >= 0.3 is 5.97 Å². The van der Waals surface area contributed by atoms with E-state index < -0.39 is 0 Å². The molecule has 0 amide bonds. The van der Waals surface area contributed by atoms with Gasteiger partial charge in [-0.2, -0.15) is 0 Å². The van der Waals surface area contributed by atoms with E-state index in [0.29, 0.717) is 30.3 Å². The minimum atomic E-state index is -0.319. The number of rotatable bonds is 10. The van der Waals surface area contributed by atoms with E-state index >= 15 is 0 Å². The Balaban J connectivity index is 1.67. The van der Waals surface area contributed by atoms with Gasteiger partial charge < -0.3 is 19.2 Å². The van der Waals surface area contributed by atoms with Crippen LogP contribution in [0.4, 0.5) is 10.2 Å². The number of fused-ring (bicyclic) bond motifs is 1. The van der Waals surface area contributed by atoms with Crippen LogP contribution in [0, 0.1) is 5.82 Å². The molecule has 0 aliphatic rings. The number of carbonyl (C=O) groups is 1. The molecule has 2 aromatic heterocycles. The lowest BCUT2D eigenvalue weighted by atomic mass is 9.99. The van der Waals surface area contributed by atoms with E-state index in [1.165, 1.54) is 25.6 Å². The summed E-state index contributed by atoms with van der Waals surface area (Å²) in [4.78, 5) is 20.1. The summed E-state index contributed by atoms with van der Waals surface area (Å²) in [7, 11) is 3.02. The van der Waals surface area contributed by atoms with Crippen LogP contribution < -0.4 is 10.1 Å². The van der Waals surface area contributed by atoms with E-state index in [-0.39, 0.29) is 11.8 Å². The van der Waals surface area contributed by atoms with Gasteiger partial charge in [0, 0.05) is 24.1 Å². The van der Waals surface area contributed by atoms with E-state index in [1.807, 2.05) is 24.3 Å². The summed E-state index contributed by atoms with van der Waals surface area (Å²) in [5, 5.41) is 4.14. The number of hydrogen-bond acceptors (Lipinski definition) is 7. The number of unbranched alkanes of at least 4 members (excludes halogenated alkanes) is 2. The number of methoxy groups -OCH3 is 2. The van der Waals surface area contributed by atoms with E-state index in [1.54, 1.807) is 19.2 Å². The molecular weight excluding hydrogens is 437 g/mol. The minimum absolute atomic E-state index is 0.193. The van der Waals surface area contributed by atoms with Gasteiger partial charge in [0.2, 0.25) is 5.71 Å². The van der Waals surface area contributed by atoms with Gasteiger partial charge in [-0.1, -0.05) is 18.6 Å². The van der Waals surface area contributed by atoms with Crippen molar-refractivity contribution in [3.63, 3.8) is 0 Å². The molecule has 0 saturated heterocycles. The Bertz CT molecular complexity index is 1250. The Hall–Kier alpha value is -3.94. The number of furan rings is 1. The normalized spacial score (nSPS) is 10.9. The lowest BCUT2D eigenvalue weighted by Gasteiger charge is -2.09. The molecule has 0 aliphatic heterocycles. The highest BCUT2D eigenvalue weighted by atomic mass is 19.1. The maximum absolute atomic E-state index is 13.6. The topological polar surface area (TPSA) is 86.5 Å². The summed E-state index contributed by atoms with van der Waals surface area (Å²) in [5.41, 5.74) is 2.89. The number of carbonyl (C=O) groups excluding carboxylic acids is 1. The maximum atomic E-state index is 13.6. The fourth-order valence-electron chi connectivity index (χ4n) is 3.79. The standard InChI is InChI=1S/C26H26FN3O4/c1-32-20-13-9-17(10-14-20)22-23-25(28-15-5-3-4-6-21(31)33-2)29-16-30-26(23)34-24(22)18-7-11-19(27)12-8-18/h7-14,16H,3-6,15H2,1-2H3,(H,28,29,30). The first-order valence-corrected chi connectivity index (χ1v) is 11.1. The molecule has 4 rings (SSSR count). The zero-order valence-corrected chi connectivity index (χ0v) is 19.1. The van der Waals surface area contributed by atoms with Gasteiger partial charge in [0.15, 0.2) is 0 Å². The largest absolute Gasteiger partial charge is 0.497 e. The highest BCUT2D eigenvalue weighted by Gasteiger charge is 2.22. The quantitative estimate of drug-likeness (QED) is 0.233. The molecule has 0 atom stereocenters. The first kappa shape index (κ1) is 23.2. The highest BCUT2D eigenvalue weighted by Crippen LogP contribution is 2.42. The summed E-state index contributed by atoms with van der Waals surface area (Å²) in [6.45, 7) is 0.673. The molecule has 0 saturated carbocycles. The van der Waals surface area contributed by atoms with Gasteiger partial charge in [-0.05, 0) is 54.8 Å². The number of ether oxygens (including phenoxy) is 2. The Morgan fingerprint density at radius 1 is 0.971 bits per heavy atom. The van der Waals surface area contributed by atoms with Gasteiger partial charge in [0.05, 0.1) is 19.6 Å². The van der Waals surface area contributed by atoms with Gasteiger partial charge in [-0.25, -0.2) is 14.4 Å². The number of aromatic nitrogens is 2. The SMILES string of the molecule is COC(=O)CCCCCNc1ncnc2oc(-c3ccc(F)cc3)c(-c3ccc(OC)cc3)c12. The van der Waals surface area contributed by atoms with Crippen LogP contribution in [0.25, 0.3) is 33.6 Å². The minimum Gasteiger partial charge on any atom is -0.497 e. The Morgan fingerprint density at radius 3 is 2.41 bits per heavy atom. The average molecular weight is 464 g/mol. The van der Waals surface area contributed by atoms with Crippen molar-refractivity contribution in [2.24, 2.45) is 0 Å². The molecule has 0 spiro atoms. The smallest absolute Gasteiger partial charge is 0.305 e. The predicted octanol–water partition coefficient (Wildman–Crippen LogP) is 5.85. The number of halogens is 1.